The molecule has 0 bridgehead atoms. The molecule has 27 heavy (non-hydrogen) atoms. The Morgan fingerprint density at radius 2 is 1.56 bits per heavy atom. The molecule has 146 valence electrons. The van der Waals surface area contributed by atoms with Crippen LogP contribution in [0, 0.1) is 0 Å². The first kappa shape index (κ1) is 19.9. The van der Waals surface area contributed by atoms with Crippen molar-refractivity contribution in [2.75, 3.05) is 13.2 Å². The van der Waals surface area contributed by atoms with E-state index in [-0.39, 0.29) is 17.4 Å². The molecular weight excluding hydrogens is 332 g/mol. The third kappa shape index (κ3) is 4.38. The van der Waals surface area contributed by atoms with E-state index in [0.29, 0.717) is 6.61 Å². The third-order valence-corrected chi connectivity index (χ3v) is 6.11. The summed E-state index contributed by atoms with van der Waals surface area (Å²) in [6.45, 7) is 10.4. The highest BCUT2D eigenvalue weighted by Gasteiger charge is 2.37. The van der Waals surface area contributed by atoms with Crippen molar-refractivity contribution in [3.8, 4) is 16.9 Å². The summed E-state index contributed by atoms with van der Waals surface area (Å²) in [5, 5.41) is 8.91. The summed E-state index contributed by atoms with van der Waals surface area (Å²) < 4.78 is 6.09. The van der Waals surface area contributed by atoms with E-state index in [0.717, 1.165) is 25.0 Å². The molecule has 0 heterocycles. The van der Waals surface area contributed by atoms with Crippen LogP contribution in [0.5, 0.6) is 5.75 Å². The second kappa shape index (κ2) is 8.06. The van der Waals surface area contributed by atoms with Gasteiger partial charge in [0.2, 0.25) is 0 Å². The van der Waals surface area contributed by atoms with Crippen molar-refractivity contribution in [3.63, 3.8) is 0 Å². The Labute approximate surface area is 164 Å². The Hall–Kier alpha value is -1.80. The van der Waals surface area contributed by atoms with Gasteiger partial charge in [0, 0.05) is 12.2 Å². The van der Waals surface area contributed by atoms with Gasteiger partial charge in [0.1, 0.15) is 5.75 Å². The fourth-order valence-electron chi connectivity index (χ4n) is 4.16. The molecule has 0 radical (unpaired) electrons. The molecule has 2 nitrogen and oxygen atoms in total. The summed E-state index contributed by atoms with van der Waals surface area (Å²) >= 11 is 0. The summed E-state index contributed by atoms with van der Waals surface area (Å²) in [5.74, 6) is 0.953. The molecule has 0 saturated heterocycles. The highest BCUT2D eigenvalue weighted by molar-refractivity contribution is 5.72. The smallest absolute Gasteiger partial charge is 0.127 e. The number of rotatable bonds is 7. The molecule has 3 rings (SSSR count). The first-order valence-electron chi connectivity index (χ1n) is 10.3. The van der Waals surface area contributed by atoms with Gasteiger partial charge in [-0.1, -0.05) is 64.1 Å². The monoisotopic (exact) mass is 366 g/mol. The number of aliphatic hydroxyl groups excluding tert-OH is 1. The fourth-order valence-corrected chi connectivity index (χ4v) is 4.16. The molecule has 1 aliphatic rings. The van der Waals surface area contributed by atoms with Crippen LogP contribution in [0.25, 0.3) is 11.1 Å². The second-order valence-corrected chi connectivity index (χ2v) is 9.16. The zero-order valence-corrected chi connectivity index (χ0v) is 17.3. The van der Waals surface area contributed by atoms with Gasteiger partial charge in [-0.25, -0.2) is 0 Å². The first-order chi connectivity index (χ1) is 12.8. The minimum atomic E-state index is 0.209. The van der Waals surface area contributed by atoms with E-state index >= 15 is 0 Å². The predicted octanol–water partition coefficient (Wildman–Crippen LogP) is 6.24. The molecule has 0 fully saturated rings. The lowest BCUT2D eigenvalue weighted by atomic mass is 9.63. The summed E-state index contributed by atoms with van der Waals surface area (Å²) in [4.78, 5) is 0. The Bertz CT molecular complexity index is 774. The molecule has 2 aromatic carbocycles. The third-order valence-electron chi connectivity index (χ3n) is 6.11. The number of ether oxygens (including phenoxy) is 1. The van der Waals surface area contributed by atoms with Crippen LogP contribution in [0.2, 0.25) is 0 Å². The maximum absolute atomic E-state index is 8.91. The van der Waals surface area contributed by atoms with Crippen LogP contribution < -0.4 is 4.74 Å². The maximum atomic E-state index is 8.91. The van der Waals surface area contributed by atoms with Gasteiger partial charge in [0.15, 0.2) is 0 Å². The van der Waals surface area contributed by atoms with Crippen LogP contribution in [0.3, 0.4) is 0 Å². The van der Waals surface area contributed by atoms with Gasteiger partial charge >= 0.3 is 0 Å². The number of fused-ring (bicyclic) bond motifs is 1. The van der Waals surface area contributed by atoms with Crippen molar-refractivity contribution < 1.29 is 9.84 Å². The van der Waals surface area contributed by atoms with Gasteiger partial charge in [-0.2, -0.15) is 0 Å². The Balaban J connectivity index is 1.90. The molecule has 1 aliphatic carbocycles. The van der Waals surface area contributed by atoms with Crippen molar-refractivity contribution >= 4 is 0 Å². The SMILES string of the molecule is CC1(C)CCC(C)(C)c2cc(-c3ccccc3OCCCCCO)ccc21. The van der Waals surface area contributed by atoms with E-state index in [9.17, 15) is 0 Å². The molecule has 0 spiro atoms. The summed E-state index contributed by atoms with van der Waals surface area (Å²) in [7, 11) is 0. The van der Waals surface area contributed by atoms with Gasteiger partial charge in [-0.05, 0) is 65.7 Å². The van der Waals surface area contributed by atoms with Gasteiger partial charge in [0.25, 0.3) is 0 Å². The minimum Gasteiger partial charge on any atom is -0.493 e. The summed E-state index contributed by atoms with van der Waals surface area (Å²) in [5.41, 5.74) is 5.83. The van der Waals surface area contributed by atoms with E-state index in [1.807, 2.05) is 6.07 Å². The highest BCUT2D eigenvalue weighted by atomic mass is 16.5. The number of benzene rings is 2. The van der Waals surface area contributed by atoms with Crippen LogP contribution in [-0.4, -0.2) is 18.3 Å². The van der Waals surface area contributed by atoms with Crippen LogP contribution in [-0.2, 0) is 10.8 Å². The van der Waals surface area contributed by atoms with Crippen LogP contribution in [0.15, 0.2) is 42.5 Å². The van der Waals surface area contributed by atoms with Gasteiger partial charge < -0.3 is 9.84 Å². The predicted molar refractivity (Wildman–Crippen MR) is 114 cm³/mol. The lowest BCUT2D eigenvalue weighted by Gasteiger charge is -2.42. The highest BCUT2D eigenvalue weighted by Crippen LogP contribution is 2.47. The molecule has 0 aromatic heterocycles. The van der Waals surface area contributed by atoms with Crippen molar-refractivity contribution in [1.29, 1.82) is 0 Å². The first-order valence-corrected chi connectivity index (χ1v) is 10.3. The second-order valence-electron chi connectivity index (χ2n) is 9.16. The quantitative estimate of drug-likeness (QED) is 0.587. The number of para-hydroxylation sites is 1. The van der Waals surface area contributed by atoms with Crippen molar-refractivity contribution in [3.05, 3.63) is 53.6 Å². The van der Waals surface area contributed by atoms with E-state index in [1.165, 1.54) is 35.1 Å². The zero-order chi connectivity index (χ0) is 19.5. The normalized spacial score (nSPS) is 17.4. The molecule has 0 unspecified atom stereocenters. The average Bonchev–Trinajstić information content (AvgIpc) is 2.65. The van der Waals surface area contributed by atoms with Gasteiger partial charge in [-0.15, -0.1) is 0 Å². The fraction of sp³-hybridized carbons (Fsp3) is 0.520. The van der Waals surface area contributed by atoms with Crippen LogP contribution in [0.1, 0.15) is 70.9 Å². The van der Waals surface area contributed by atoms with Crippen LogP contribution >= 0.6 is 0 Å². The van der Waals surface area contributed by atoms with E-state index in [2.05, 4.69) is 64.1 Å². The van der Waals surface area contributed by atoms with E-state index < -0.39 is 0 Å². The Morgan fingerprint density at radius 1 is 0.852 bits per heavy atom. The van der Waals surface area contributed by atoms with E-state index in [1.54, 1.807) is 0 Å². The van der Waals surface area contributed by atoms with Gasteiger partial charge in [0.05, 0.1) is 6.61 Å². The lowest BCUT2D eigenvalue weighted by molar-refractivity contribution is 0.266. The lowest BCUT2D eigenvalue weighted by Crippen LogP contribution is -2.33. The molecule has 0 amide bonds. The topological polar surface area (TPSA) is 29.5 Å². The maximum Gasteiger partial charge on any atom is 0.127 e. The molecule has 1 N–H and O–H groups in total. The van der Waals surface area contributed by atoms with Crippen molar-refractivity contribution in [2.24, 2.45) is 0 Å². The molecule has 0 atom stereocenters. The Morgan fingerprint density at radius 3 is 2.30 bits per heavy atom. The number of unbranched alkanes of at least 4 members (excludes halogenated alkanes) is 2. The number of aliphatic hydroxyl groups is 1. The number of hydrogen-bond donors (Lipinski definition) is 1. The molecule has 2 heteroatoms. The molecule has 0 aliphatic heterocycles. The Kier molecular flexibility index (Phi) is 5.95. The zero-order valence-electron chi connectivity index (χ0n) is 17.3. The van der Waals surface area contributed by atoms with Crippen molar-refractivity contribution in [1.82, 2.24) is 0 Å². The van der Waals surface area contributed by atoms with E-state index in [4.69, 9.17) is 9.84 Å². The molecular formula is C25H34O2. The average molecular weight is 367 g/mol. The number of hydrogen-bond acceptors (Lipinski definition) is 2. The summed E-state index contributed by atoms with van der Waals surface area (Å²) in [6, 6.07) is 15.3. The molecule has 2 aromatic rings. The largest absolute Gasteiger partial charge is 0.493 e. The summed E-state index contributed by atoms with van der Waals surface area (Å²) in [6.07, 6.45) is 5.28. The molecule has 0 saturated carbocycles. The standard InChI is InChI=1S/C25H34O2/c1-24(2)14-15-25(3,4)22-18-19(12-13-21(22)24)20-10-6-7-11-23(20)27-17-9-5-8-16-26/h6-7,10-13,18,26H,5,8-9,14-17H2,1-4H3. The van der Waals surface area contributed by atoms with Crippen LogP contribution in [0.4, 0.5) is 0 Å². The van der Waals surface area contributed by atoms with Gasteiger partial charge in [-0.3, -0.25) is 0 Å². The minimum absolute atomic E-state index is 0.209. The van der Waals surface area contributed by atoms with Crippen molar-refractivity contribution in [2.45, 2.75) is 70.6 Å².